The summed E-state index contributed by atoms with van der Waals surface area (Å²) in [6.07, 6.45) is 5.29. The number of halogens is 1. The van der Waals surface area contributed by atoms with Gasteiger partial charge in [0.05, 0.1) is 40.0 Å². The number of ether oxygens (including phenoxy) is 2. The number of carbonyl (C=O) groups is 1. The molecule has 0 saturated carbocycles. The number of rotatable bonds is 6. The molecule has 2 aliphatic rings. The van der Waals surface area contributed by atoms with E-state index in [1.807, 2.05) is 24.3 Å². The Morgan fingerprint density at radius 1 is 1.24 bits per heavy atom. The van der Waals surface area contributed by atoms with E-state index >= 15 is 0 Å². The molecular weight excluding hydrogens is 558 g/mol. The molecule has 5 rings (SSSR count). The maximum absolute atomic E-state index is 13.8. The van der Waals surface area contributed by atoms with E-state index in [4.69, 9.17) is 13.9 Å². The number of hydrogen-bond donors (Lipinski definition) is 0. The highest BCUT2D eigenvalue weighted by Gasteiger charge is 2.33. The minimum atomic E-state index is -0.694. The Labute approximate surface area is 226 Å². The first-order valence-electron chi connectivity index (χ1n) is 12.3. The number of allylic oxidation sites excluding steroid dienone is 1. The van der Waals surface area contributed by atoms with Gasteiger partial charge in [-0.2, -0.15) is 0 Å². The van der Waals surface area contributed by atoms with Crippen molar-refractivity contribution in [1.82, 2.24) is 4.57 Å². The quantitative estimate of drug-likeness (QED) is 0.404. The summed E-state index contributed by atoms with van der Waals surface area (Å²) in [6.45, 7) is 5.69. The normalized spacial score (nSPS) is 18.0. The van der Waals surface area contributed by atoms with E-state index in [1.165, 1.54) is 17.8 Å². The van der Waals surface area contributed by atoms with Gasteiger partial charge in [-0.25, -0.2) is 9.79 Å². The van der Waals surface area contributed by atoms with Gasteiger partial charge >= 0.3 is 5.97 Å². The smallest absolute Gasteiger partial charge is 0.338 e. The van der Waals surface area contributed by atoms with Crippen LogP contribution in [0, 0.1) is 0 Å². The van der Waals surface area contributed by atoms with Crippen molar-refractivity contribution in [1.29, 1.82) is 0 Å². The molecule has 1 atom stereocenters. The van der Waals surface area contributed by atoms with E-state index in [-0.39, 0.29) is 12.2 Å². The van der Waals surface area contributed by atoms with Gasteiger partial charge in [0.1, 0.15) is 11.5 Å². The lowest BCUT2D eigenvalue weighted by molar-refractivity contribution is -0.139. The Bertz CT molecular complexity index is 1540. The van der Waals surface area contributed by atoms with Crippen molar-refractivity contribution in [2.45, 2.75) is 39.2 Å². The molecule has 1 saturated heterocycles. The van der Waals surface area contributed by atoms with Crippen molar-refractivity contribution in [2.75, 3.05) is 31.7 Å². The lowest BCUT2D eigenvalue weighted by Gasteiger charge is -2.25. The van der Waals surface area contributed by atoms with Gasteiger partial charge in [-0.05, 0) is 72.8 Å². The van der Waals surface area contributed by atoms with Crippen molar-refractivity contribution in [3.8, 4) is 5.75 Å². The largest absolute Gasteiger partial charge is 0.496 e. The standard InChI is InChI=1S/C27H28BrN3O5S/c1-4-35-26(33)23-16(2)29-27-31(24(23)17-8-10-20(34-3)19(28)14-17)25(32)21(37-27)15-18-9-11-22(36-18)30-12-6-5-7-13-30/h8-11,14-15,24H,4-7,12-13H2,1-3H3/b21-15+/t24-/m1/s1. The molecule has 0 unspecified atom stereocenters. The van der Waals surface area contributed by atoms with Gasteiger partial charge in [-0.3, -0.25) is 9.36 Å². The van der Waals surface area contributed by atoms with Gasteiger partial charge in [-0.15, -0.1) is 0 Å². The zero-order valence-corrected chi connectivity index (χ0v) is 23.4. The van der Waals surface area contributed by atoms with Crippen LogP contribution in [0.2, 0.25) is 0 Å². The third kappa shape index (κ3) is 4.92. The monoisotopic (exact) mass is 585 g/mol. The molecule has 10 heteroatoms. The third-order valence-electron chi connectivity index (χ3n) is 6.56. The number of piperidine rings is 1. The zero-order valence-electron chi connectivity index (χ0n) is 21.0. The van der Waals surface area contributed by atoms with Crippen molar-refractivity contribution in [3.63, 3.8) is 0 Å². The minimum Gasteiger partial charge on any atom is -0.496 e. The maximum atomic E-state index is 13.8. The predicted molar refractivity (Wildman–Crippen MR) is 146 cm³/mol. The van der Waals surface area contributed by atoms with Crippen molar-refractivity contribution >= 4 is 45.2 Å². The summed E-state index contributed by atoms with van der Waals surface area (Å²) in [5.74, 6) is 1.58. The first-order valence-corrected chi connectivity index (χ1v) is 13.9. The number of esters is 1. The zero-order chi connectivity index (χ0) is 26.1. The van der Waals surface area contributed by atoms with Crippen LogP contribution in [0.25, 0.3) is 6.08 Å². The van der Waals surface area contributed by atoms with Crippen LogP contribution < -0.4 is 24.5 Å². The molecule has 0 radical (unpaired) electrons. The van der Waals surface area contributed by atoms with E-state index in [2.05, 4.69) is 25.8 Å². The molecule has 2 aromatic heterocycles. The van der Waals surface area contributed by atoms with Crippen molar-refractivity contribution < 1.29 is 18.7 Å². The van der Waals surface area contributed by atoms with Crippen molar-refractivity contribution in [2.24, 2.45) is 4.99 Å². The van der Waals surface area contributed by atoms with Crippen LogP contribution in [-0.2, 0) is 9.53 Å². The van der Waals surface area contributed by atoms with Crippen LogP contribution in [-0.4, -0.2) is 37.3 Å². The average Bonchev–Trinajstić information content (AvgIpc) is 3.48. The number of aromatic nitrogens is 1. The van der Waals surface area contributed by atoms with Crippen LogP contribution in [0.15, 0.2) is 60.3 Å². The third-order valence-corrected chi connectivity index (χ3v) is 8.16. The molecule has 4 heterocycles. The lowest BCUT2D eigenvalue weighted by atomic mass is 9.96. The van der Waals surface area contributed by atoms with E-state index < -0.39 is 12.0 Å². The second kappa shape index (κ2) is 10.7. The number of nitrogens with zero attached hydrogens (tertiary/aromatic N) is 3. The number of methoxy groups -OCH3 is 1. The van der Waals surface area contributed by atoms with Gasteiger partial charge in [-0.1, -0.05) is 17.4 Å². The lowest BCUT2D eigenvalue weighted by Crippen LogP contribution is -2.39. The fourth-order valence-electron chi connectivity index (χ4n) is 4.79. The highest BCUT2D eigenvalue weighted by Crippen LogP contribution is 2.35. The second-order valence-electron chi connectivity index (χ2n) is 8.92. The highest BCUT2D eigenvalue weighted by atomic mass is 79.9. The van der Waals surface area contributed by atoms with Gasteiger partial charge < -0.3 is 18.8 Å². The molecule has 2 aliphatic heterocycles. The molecular formula is C27H28BrN3O5S. The Balaban J connectivity index is 1.62. The SMILES string of the molecule is CCOC(=O)C1=C(C)N=c2s/c(=C/c3ccc(N4CCCCC4)o3)c(=O)n2[C@@H]1c1ccc(OC)c(Br)c1. The summed E-state index contributed by atoms with van der Waals surface area (Å²) in [7, 11) is 1.59. The summed E-state index contributed by atoms with van der Waals surface area (Å²) in [5.41, 5.74) is 1.35. The molecule has 8 nitrogen and oxygen atoms in total. The molecule has 37 heavy (non-hydrogen) atoms. The predicted octanol–water partition coefficient (Wildman–Crippen LogP) is 4.15. The molecule has 0 bridgehead atoms. The molecule has 0 aliphatic carbocycles. The molecule has 1 fully saturated rings. The number of furan rings is 1. The fraction of sp³-hybridized carbons (Fsp3) is 0.370. The molecule has 194 valence electrons. The van der Waals surface area contributed by atoms with E-state index in [9.17, 15) is 9.59 Å². The van der Waals surface area contributed by atoms with E-state index in [1.54, 1.807) is 37.7 Å². The number of thiazole rings is 1. The van der Waals surface area contributed by atoms with Gasteiger partial charge in [0.25, 0.3) is 5.56 Å². The molecule has 0 amide bonds. The maximum Gasteiger partial charge on any atom is 0.338 e. The topological polar surface area (TPSA) is 86.3 Å². The summed E-state index contributed by atoms with van der Waals surface area (Å²) >= 11 is 4.81. The number of carbonyl (C=O) groups excluding carboxylic acids is 1. The first-order chi connectivity index (χ1) is 17.9. The Kier molecular flexibility index (Phi) is 7.39. The summed E-state index contributed by atoms with van der Waals surface area (Å²) in [6, 6.07) is 8.65. The van der Waals surface area contributed by atoms with E-state index in [0.29, 0.717) is 36.6 Å². The van der Waals surface area contributed by atoms with Crippen molar-refractivity contribution in [3.05, 3.63) is 77.1 Å². The van der Waals surface area contributed by atoms with Crippen LogP contribution in [0.4, 0.5) is 5.88 Å². The fourth-order valence-corrected chi connectivity index (χ4v) is 6.38. The first kappa shape index (κ1) is 25.5. The van der Waals surface area contributed by atoms with Crippen LogP contribution >= 0.6 is 27.3 Å². The Morgan fingerprint density at radius 2 is 2.03 bits per heavy atom. The number of benzene rings is 1. The van der Waals surface area contributed by atoms with Crippen LogP contribution in [0.1, 0.15) is 50.5 Å². The number of fused-ring (bicyclic) bond motifs is 1. The molecule has 3 aromatic rings. The Morgan fingerprint density at radius 3 is 2.73 bits per heavy atom. The minimum absolute atomic E-state index is 0.219. The summed E-state index contributed by atoms with van der Waals surface area (Å²) in [4.78, 5) is 34.2. The Hall–Kier alpha value is -3.11. The number of hydrogen-bond acceptors (Lipinski definition) is 8. The molecule has 0 N–H and O–H groups in total. The van der Waals surface area contributed by atoms with Gasteiger partial charge in [0.2, 0.25) is 0 Å². The van der Waals surface area contributed by atoms with Gasteiger partial charge in [0, 0.05) is 25.2 Å². The highest BCUT2D eigenvalue weighted by molar-refractivity contribution is 9.10. The summed E-state index contributed by atoms with van der Waals surface area (Å²) in [5, 5.41) is 0. The summed E-state index contributed by atoms with van der Waals surface area (Å²) < 4.78 is 19.6. The van der Waals surface area contributed by atoms with E-state index in [0.717, 1.165) is 37.4 Å². The van der Waals surface area contributed by atoms with Crippen LogP contribution in [0.5, 0.6) is 5.75 Å². The average molecular weight is 587 g/mol. The van der Waals surface area contributed by atoms with Crippen LogP contribution in [0.3, 0.4) is 0 Å². The second-order valence-corrected chi connectivity index (χ2v) is 10.8. The van der Waals surface area contributed by atoms with Gasteiger partial charge in [0.15, 0.2) is 10.7 Å². The molecule has 0 spiro atoms. The molecule has 1 aromatic carbocycles. The number of anilines is 1.